The van der Waals surface area contributed by atoms with E-state index in [1.807, 2.05) is 0 Å². The van der Waals surface area contributed by atoms with Crippen LogP contribution in [-0.2, 0) is 6.54 Å². The van der Waals surface area contributed by atoms with Crippen molar-refractivity contribution < 1.29 is 0 Å². The Kier molecular flexibility index (Phi) is 4.16. The van der Waals surface area contributed by atoms with Crippen LogP contribution in [0.4, 0.5) is 0 Å². The molecular weight excluding hydrogens is 218 g/mol. The van der Waals surface area contributed by atoms with Crippen molar-refractivity contribution in [3.05, 3.63) is 70.8 Å². The number of benzene rings is 2. The Morgan fingerprint density at radius 2 is 1.56 bits per heavy atom. The van der Waals surface area contributed by atoms with E-state index in [0.29, 0.717) is 6.04 Å². The van der Waals surface area contributed by atoms with Crippen molar-refractivity contribution in [1.29, 1.82) is 0 Å². The topological polar surface area (TPSA) is 12.0 Å². The normalized spacial score (nSPS) is 12.4. The van der Waals surface area contributed by atoms with E-state index in [4.69, 9.17) is 0 Å². The highest BCUT2D eigenvalue weighted by molar-refractivity contribution is 5.28. The van der Waals surface area contributed by atoms with Crippen molar-refractivity contribution >= 4 is 0 Å². The average Bonchev–Trinajstić information content (AvgIpc) is 2.36. The van der Waals surface area contributed by atoms with Crippen LogP contribution >= 0.6 is 0 Å². The van der Waals surface area contributed by atoms with Gasteiger partial charge in [0, 0.05) is 12.6 Å². The molecule has 0 aromatic heterocycles. The molecule has 0 saturated heterocycles. The SMILES string of the molecule is Cc1cc(C)cc(CNC(C)c2ccccc2)c1. The van der Waals surface area contributed by atoms with Gasteiger partial charge < -0.3 is 5.32 Å². The van der Waals surface area contributed by atoms with Crippen LogP contribution in [0.15, 0.2) is 48.5 Å². The molecule has 0 fully saturated rings. The molecule has 0 spiro atoms. The zero-order valence-corrected chi connectivity index (χ0v) is 11.4. The molecule has 0 aliphatic rings. The fourth-order valence-electron chi connectivity index (χ4n) is 2.30. The number of aryl methyl sites for hydroxylation is 2. The molecule has 1 nitrogen and oxygen atoms in total. The summed E-state index contributed by atoms with van der Waals surface area (Å²) in [4.78, 5) is 0. The molecule has 1 unspecified atom stereocenters. The first-order valence-corrected chi connectivity index (χ1v) is 6.50. The van der Waals surface area contributed by atoms with Crippen LogP contribution in [0.3, 0.4) is 0 Å². The Balaban J connectivity index is 1.99. The van der Waals surface area contributed by atoms with Crippen molar-refractivity contribution in [2.45, 2.75) is 33.4 Å². The summed E-state index contributed by atoms with van der Waals surface area (Å²) >= 11 is 0. The first kappa shape index (κ1) is 12.8. The fraction of sp³-hybridized carbons (Fsp3) is 0.294. The van der Waals surface area contributed by atoms with Gasteiger partial charge in [-0.3, -0.25) is 0 Å². The second-order valence-corrected chi connectivity index (χ2v) is 5.01. The van der Waals surface area contributed by atoms with Gasteiger partial charge in [0.05, 0.1) is 0 Å². The van der Waals surface area contributed by atoms with E-state index in [9.17, 15) is 0 Å². The highest BCUT2D eigenvalue weighted by Crippen LogP contribution is 2.13. The molecule has 94 valence electrons. The summed E-state index contributed by atoms with van der Waals surface area (Å²) in [5.74, 6) is 0. The maximum atomic E-state index is 3.57. The standard InChI is InChI=1S/C17H21N/c1-13-9-14(2)11-16(10-13)12-18-15(3)17-7-5-4-6-8-17/h4-11,15,18H,12H2,1-3H3. The quantitative estimate of drug-likeness (QED) is 0.845. The lowest BCUT2D eigenvalue weighted by atomic mass is 10.1. The van der Waals surface area contributed by atoms with E-state index in [0.717, 1.165) is 6.54 Å². The molecule has 2 aromatic rings. The fourth-order valence-corrected chi connectivity index (χ4v) is 2.30. The molecule has 0 amide bonds. The number of hydrogen-bond donors (Lipinski definition) is 1. The molecule has 0 aliphatic carbocycles. The second-order valence-electron chi connectivity index (χ2n) is 5.01. The average molecular weight is 239 g/mol. The van der Waals surface area contributed by atoms with Crippen molar-refractivity contribution in [1.82, 2.24) is 5.32 Å². The van der Waals surface area contributed by atoms with Gasteiger partial charge in [-0.05, 0) is 31.9 Å². The van der Waals surface area contributed by atoms with Gasteiger partial charge in [-0.15, -0.1) is 0 Å². The van der Waals surface area contributed by atoms with Crippen LogP contribution in [0.5, 0.6) is 0 Å². The largest absolute Gasteiger partial charge is 0.306 e. The van der Waals surface area contributed by atoms with Crippen LogP contribution < -0.4 is 5.32 Å². The summed E-state index contributed by atoms with van der Waals surface area (Å²) < 4.78 is 0. The van der Waals surface area contributed by atoms with Gasteiger partial charge in [0.15, 0.2) is 0 Å². The summed E-state index contributed by atoms with van der Waals surface area (Å²) in [7, 11) is 0. The van der Waals surface area contributed by atoms with Gasteiger partial charge in [-0.1, -0.05) is 59.7 Å². The first-order chi connectivity index (χ1) is 8.65. The molecule has 1 heteroatoms. The Bertz CT molecular complexity index is 482. The van der Waals surface area contributed by atoms with Crippen LogP contribution in [0.1, 0.15) is 35.2 Å². The Labute approximate surface area is 110 Å². The molecule has 2 aromatic carbocycles. The molecule has 2 rings (SSSR count). The third kappa shape index (κ3) is 3.44. The van der Waals surface area contributed by atoms with Gasteiger partial charge >= 0.3 is 0 Å². The van der Waals surface area contributed by atoms with E-state index >= 15 is 0 Å². The minimum Gasteiger partial charge on any atom is -0.306 e. The summed E-state index contributed by atoms with van der Waals surface area (Å²) in [6, 6.07) is 17.7. The molecule has 1 N–H and O–H groups in total. The van der Waals surface area contributed by atoms with Gasteiger partial charge in [-0.25, -0.2) is 0 Å². The molecule has 0 heterocycles. The molecule has 0 aliphatic heterocycles. The van der Waals surface area contributed by atoms with Gasteiger partial charge in [0.2, 0.25) is 0 Å². The lowest BCUT2D eigenvalue weighted by Gasteiger charge is -2.15. The molecular formula is C17H21N. The molecule has 18 heavy (non-hydrogen) atoms. The Morgan fingerprint density at radius 1 is 0.944 bits per heavy atom. The third-order valence-electron chi connectivity index (χ3n) is 3.19. The predicted molar refractivity (Wildman–Crippen MR) is 77.6 cm³/mol. The lowest BCUT2D eigenvalue weighted by molar-refractivity contribution is 0.574. The first-order valence-electron chi connectivity index (χ1n) is 6.50. The minimum atomic E-state index is 0.381. The maximum Gasteiger partial charge on any atom is 0.0294 e. The van der Waals surface area contributed by atoms with E-state index in [-0.39, 0.29) is 0 Å². The van der Waals surface area contributed by atoms with Crippen molar-refractivity contribution in [3.63, 3.8) is 0 Å². The monoisotopic (exact) mass is 239 g/mol. The minimum absolute atomic E-state index is 0.381. The van der Waals surface area contributed by atoms with Crippen LogP contribution in [-0.4, -0.2) is 0 Å². The predicted octanol–water partition coefficient (Wildman–Crippen LogP) is 4.15. The van der Waals surface area contributed by atoms with Crippen LogP contribution in [0.25, 0.3) is 0 Å². The summed E-state index contributed by atoms with van der Waals surface area (Å²) in [6.07, 6.45) is 0. The zero-order chi connectivity index (χ0) is 13.0. The second kappa shape index (κ2) is 5.83. The van der Waals surface area contributed by atoms with E-state index in [2.05, 4.69) is 74.6 Å². The van der Waals surface area contributed by atoms with Gasteiger partial charge in [-0.2, -0.15) is 0 Å². The summed E-state index contributed by atoms with van der Waals surface area (Å²) in [5.41, 5.74) is 5.36. The molecule has 1 atom stereocenters. The highest BCUT2D eigenvalue weighted by Gasteiger charge is 2.04. The summed E-state index contributed by atoms with van der Waals surface area (Å²) in [6.45, 7) is 7.42. The van der Waals surface area contributed by atoms with Crippen molar-refractivity contribution in [3.8, 4) is 0 Å². The molecule has 0 saturated carbocycles. The van der Waals surface area contributed by atoms with Crippen molar-refractivity contribution in [2.75, 3.05) is 0 Å². The highest BCUT2D eigenvalue weighted by atomic mass is 14.9. The number of rotatable bonds is 4. The maximum absolute atomic E-state index is 3.57. The Hall–Kier alpha value is -1.60. The van der Waals surface area contributed by atoms with Crippen LogP contribution in [0, 0.1) is 13.8 Å². The van der Waals surface area contributed by atoms with Gasteiger partial charge in [0.1, 0.15) is 0 Å². The van der Waals surface area contributed by atoms with Gasteiger partial charge in [0.25, 0.3) is 0 Å². The smallest absolute Gasteiger partial charge is 0.0294 e. The lowest BCUT2D eigenvalue weighted by Crippen LogP contribution is -2.18. The zero-order valence-electron chi connectivity index (χ0n) is 11.4. The Morgan fingerprint density at radius 3 is 2.17 bits per heavy atom. The molecule has 0 bridgehead atoms. The number of nitrogens with one attached hydrogen (secondary N) is 1. The number of hydrogen-bond acceptors (Lipinski definition) is 1. The van der Waals surface area contributed by atoms with Crippen LogP contribution in [0.2, 0.25) is 0 Å². The molecule has 0 radical (unpaired) electrons. The third-order valence-corrected chi connectivity index (χ3v) is 3.19. The van der Waals surface area contributed by atoms with E-state index < -0.39 is 0 Å². The van der Waals surface area contributed by atoms with Crippen molar-refractivity contribution in [2.24, 2.45) is 0 Å². The summed E-state index contributed by atoms with van der Waals surface area (Å²) in [5, 5.41) is 3.57. The van der Waals surface area contributed by atoms with E-state index in [1.165, 1.54) is 22.3 Å². The van der Waals surface area contributed by atoms with E-state index in [1.54, 1.807) is 0 Å².